The summed E-state index contributed by atoms with van der Waals surface area (Å²) in [6, 6.07) is 21.3. The number of hydrogen-bond donors (Lipinski definition) is 3. The Morgan fingerprint density at radius 2 is 1.83 bits per heavy atom. The molecule has 0 atom stereocenters. The lowest BCUT2D eigenvalue weighted by Crippen LogP contribution is -2.11. The van der Waals surface area contributed by atoms with Crippen LogP contribution in [-0.2, 0) is 4.79 Å². The molecule has 0 spiro atoms. The van der Waals surface area contributed by atoms with E-state index in [-0.39, 0.29) is 11.7 Å². The molecule has 0 unspecified atom stereocenters. The van der Waals surface area contributed by atoms with Crippen molar-refractivity contribution in [1.29, 1.82) is 0 Å². The minimum Gasteiger partial charge on any atom is -0.508 e. The Morgan fingerprint density at radius 1 is 1.07 bits per heavy atom. The minimum absolute atomic E-state index is 0.0464. The van der Waals surface area contributed by atoms with Crippen LogP contribution in [0.3, 0.4) is 0 Å². The third kappa shape index (κ3) is 4.25. The Hall–Kier alpha value is -3.86. The summed E-state index contributed by atoms with van der Waals surface area (Å²) >= 11 is 0. The summed E-state index contributed by atoms with van der Waals surface area (Å²) in [5, 5.41) is 20.7. The van der Waals surface area contributed by atoms with Crippen molar-refractivity contribution in [2.24, 2.45) is 0 Å². The van der Waals surface area contributed by atoms with Gasteiger partial charge in [0.25, 0.3) is 0 Å². The largest absolute Gasteiger partial charge is 0.508 e. The van der Waals surface area contributed by atoms with Gasteiger partial charge in [0.15, 0.2) is 5.82 Å². The van der Waals surface area contributed by atoms with Crippen molar-refractivity contribution < 1.29 is 9.90 Å². The SMILES string of the molecule is CCCC(=O)Nc1n[nH]c2cc(-c3ccc(O)cc3)c(C=Cc3ccccc3)cc12. The van der Waals surface area contributed by atoms with E-state index in [1.54, 1.807) is 12.1 Å². The first-order valence-electron chi connectivity index (χ1n) is 9.98. The molecule has 1 heterocycles. The van der Waals surface area contributed by atoms with Gasteiger partial charge >= 0.3 is 0 Å². The molecule has 1 amide bonds. The topological polar surface area (TPSA) is 78.0 Å². The zero-order valence-corrected chi connectivity index (χ0v) is 16.7. The van der Waals surface area contributed by atoms with Gasteiger partial charge in [0.1, 0.15) is 5.75 Å². The number of carbonyl (C=O) groups is 1. The molecule has 4 rings (SSSR count). The van der Waals surface area contributed by atoms with Gasteiger partial charge in [0, 0.05) is 11.8 Å². The van der Waals surface area contributed by atoms with Crippen molar-refractivity contribution in [3.63, 3.8) is 0 Å². The lowest BCUT2D eigenvalue weighted by molar-refractivity contribution is -0.116. The number of rotatable bonds is 6. The molecule has 4 aromatic rings. The van der Waals surface area contributed by atoms with E-state index >= 15 is 0 Å². The molecule has 0 saturated carbocycles. The monoisotopic (exact) mass is 397 g/mol. The summed E-state index contributed by atoms with van der Waals surface area (Å²) < 4.78 is 0. The maximum Gasteiger partial charge on any atom is 0.225 e. The number of nitrogens with one attached hydrogen (secondary N) is 2. The van der Waals surface area contributed by atoms with E-state index in [0.717, 1.165) is 39.6 Å². The first kappa shape index (κ1) is 19.5. The molecule has 150 valence electrons. The second kappa shape index (κ2) is 8.66. The number of fused-ring (bicyclic) bond motifs is 1. The molecule has 0 fully saturated rings. The van der Waals surface area contributed by atoms with Crippen LogP contribution in [0.25, 0.3) is 34.2 Å². The summed E-state index contributed by atoms with van der Waals surface area (Å²) in [5.74, 6) is 0.716. The third-order valence-electron chi connectivity index (χ3n) is 4.90. The van der Waals surface area contributed by atoms with E-state index in [1.165, 1.54) is 0 Å². The van der Waals surface area contributed by atoms with Gasteiger partial charge in [-0.3, -0.25) is 9.89 Å². The zero-order valence-electron chi connectivity index (χ0n) is 16.7. The predicted molar refractivity (Wildman–Crippen MR) is 122 cm³/mol. The van der Waals surface area contributed by atoms with Crippen LogP contribution in [0, 0.1) is 0 Å². The van der Waals surface area contributed by atoms with Crippen LogP contribution in [0.15, 0.2) is 66.7 Å². The van der Waals surface area contributed by atoms with E-state index in [4.69, 9.17) is 0 Å². The number of benzene rings is 3. The first-order chi connectivity index (χ1) is 14.6. The molecule has 0 saturated heterocycles. The van der Waals surface area contributed by atoms with Crippen LogP contribution >= 0.6 is 0 Å². The second-order valence-electron chi connectivity index (χ2n) is 7.15. The summed E-state index contributed by atoms with van der Waals surface area (Å²) in [7, 11) is 0. The van der Waals surface area contributed by atoms with E-state index in [1.807, 2.05) is 61.5 Å². The number of aromatic amines is 1. The number of carbonyl (C=O) groups excluding carboxylic acids is 1. The molecule has 0 aliphatic carbocycles. The van der Waals surface area contributed by atoms with Gasteiger partial charge in [-0.15, -0.1) is 0 Å². The van der Waals surface area contributed by atoms with Gasteiger partial charge in [0.2, 0.25) is 5.91 Å². The van der Waals surface area contributed by atoms with Gasteiger partial charge in [-0.2, -0.15) is 5.10 Å². The zero-order chi connectivity index (χ0) is 20.9. The molecular formula is C25H23N3O2. The highest BCUT2D eigenvalue weighted by atomic mass is 16.3. The van der Waals surface area contributed by atoms with E-state index in [0.29, 0.717) is 12.2 Å². The van der Waals surface area contributed by atoms with Crippen molar-refractivity contribution in [2.45, 2.75) is 19.8 Å². The number of hydrogen-bond acceptors (Lipinski definition) is 3. The number of nitrogens with zero attached hydrogens (tertiary/aromatic N) is 1. The molecule has 5 nitrogen and oxygen atoms in total. The predicted octanol–water partition coefficient (Wildman–Crippen LogP) is 5.84. The molecule has 0 bridgehead atoms. The molecule has 0 radical (unpaired) electrons. The highest BCUT2D eigenvalue weighted by Crippen LogP contribution is 2.33. The van der Waals surface area contributed by atoms with E-state index in [9.17, 15) is 9.90 Å². The molecule has 0 aliphatic heterocycles. The number of amides is 1. The Balaban J connectivity index is 1.81. The van der Waals surface area contributed by atoms with Gasteiger partial charge in [0.05, 0.1) is 5.52 Å². The fourth-order valence-electron chi connectivity index (χ4n) is 3.38. The number of aromatic hydroxyl groups is 1. The number of aromatic nitrogens is 2. The maximum atomic E-state index is 12.1. The smallest absolute Gasteiger partial charge is 0.225 e. The lowest BCUT2D eigenvalue weighted by atomic mass is 9.97. The van der Waals surface area contributed by atoms with Gasteiger partial charge < -0.3 is 10.4 Å². The number of H-pyrrole nitrogens is 1. The molecule has 3 N–H and O–H groups in total. The van der Waals surface area contributed by atoms with Crippen molar-refractivity contribution in [1.82, 2.24) is 10.2 Å². The molecule has 3 aromatic carbocycles. The second-order valence-corrected chi connectivity index (χ2v) is 7.15. The third-order valence-corrected chi connectivity index (χ3v) is 4.90. The first-order valence-corrected chi connectivity index (χ1v) is 9.98. The van der Waals surface area contributed by atoms with Crippen LogP contribution in [0.2, 0.25) is 0 Å². The standard InChI is InChI=1S/C25H23N3O2/c1-2-6-24(30)26-25-22-15-19(10-9-17-7-4-3-5-8-17)21(16-23(22)27-28-25)18-11-13-20(29)14-12-18/h3-5,7-16,29H,2,6H2,1H3,(H2,26,27,28,30). The quantitative estimate of drug-likeness (QED) is 0.357. The maximum absolute atomic E-state index is 12.1. The van der Waals surface area contributed by atoms with E-state index < -0.39 is 0 Å². The highest BCUT2D eigenvalue weighted by Gasteiger charge is 2.13. The average molecular weight is 397 g/mol. The van der Waals surface area contributed by atoms with Crippen molar-refractivity contribution in [2.75, 3.05) is 5.32 Å². The van der Waals surface area contributed by atoms with E-state index in [2.05, 4.69) is 27.7 Å². The molecule has 1 aromatic heterocycles. The number of anilines is 1. The Morgan fingerprint density at radius 3 is 2.57 bits per heavy atom. The molecule has 30 heavy (non-hydrogen) atoms. The normalized spacial score (nSPS) is 11.2. The fourth-order valence-corrected chi connectivity index (χ4v) is 3.38. The summed E-state index contributed by atoms with van der Waals surface area (Å²) in [6.07, 6.45) is 5.35. The van der Waals surface area contributed by atoms with Crippen LogP contribution in [0.4, 0.5) is 5.82 Å². The fraction of sp³-hybridized carbons (Fsp3) is 0.120. The van der Waals surface area contributed by atoms with Crippen LogP contribution in [0.5, 0.6) is 5.75 Å². The Kier molecular flexibility index (Phi) is 5.61. The Labute approximate surface area is 175 Å². The summed E-state index contributed by atoms with van der Waals surface area (Å²) in [5.41, 5.74) is 4.91. The molecule has 5 heteroatoms. The van der Waals surface area contributed by atoms with Gasteiger partial charge in [-0.25, -0.2) is 0 Å². The number of phenols is 1. The highest BCUT2D eigenvalue weighted by molar-refractivity contribution is 6.02. The van der Waals surface area contributed by atoms with Crippen LogP contribution < -0.4 is 5.32 Å². The number of phenolic OH excluding ortho intramolecular Hbond substituents is 1. The lowest BCUT2D eigenvalue weighted by Gasteiger charge is -2.09. The summed E-state index contributed by atoms with van der Waals surface area (Å²) in [6.45, 7) is 1.97. The minimum atomic E-state index is -0.0464. The van der Waals surface area contributed by atoms with Gasteiger partial charge in [-0.05, 0) is 52.9 Å². The van der Waals surface area contributed by atoms with Crippen molar-refractivity contribution in [3.05, 3.63) is 77.9 Å². The van der Waals surface area contributed by atoms with Gasteiger partial charge in [-0.1, -0.05) is 61.5 Å². The average Bonchev–Trinajstić information content (AvgIpc) is 3.14. The molecule has 0 aliphatic rings. The Bertz CT molecular complexity index is 1190. The van der Waals surface area contributed by atoms with Crippen molar-refractivity contribution in [3.8, 4) is 16.9 Å². The molecular weight excluding hydrogens is 374 g/mol. The van der Waals surface area contributed by atoms with Crippen molar-refractivity contribution >= 4 is 34.8 Å². The summed E-state index contributed by atoms with van der Waals surface area (Å²) in [4.78, 5) is 12.1. The van der Waals surface area contributed by atoms with Crippen LogP contribution in [0.1, 0.15) is 30.9 Å². The van der Waals surface area contributed by atoms with Crippen LogP contribution in [-0.4, -0.2) is 21.2 Å².